The van der Waals surface area contributed by atoms with Crippen LogP contribution in [0, 0.1) is 0 Å². The highest BCUT2D eigenvalue weighted by Gasteiger charge is 2.32. The number of urea groups is 1. The van der Waals surface area contributed by atoms with E-state index in [-0.39, 0.29) is 18.0 Å². The SMILES string of the molecule is CCCCN(CCCC)C(=O)NC1CC(=O)N(c2cccc(OC)c2)C1. The molecule has 6 nitrogen and oxygen atoms in total. The van der Waals surface area contributed by atoms with Gasteiger partial charge in [-0.2, -0.15) is 0 Å². The summed E-state index contributed by atoms with van der Waals surface area (Å²) in [6.45, 7) is 6.27. The number of anilines is 1. The topological polar surface area (TPSA) is 61.9 Å². The molecule has 1 aromatic carbocycles. The van der Waals surface area contributed by atoms with E-state index in [1.807, 2.05) is 29.2 Å². The summed E-state index contributed by atoms with van der Waals surface area (Å²) in [6.07, 6.45) is 4.44. The second kappa shape index (κ2) is 10.0. The van der Waals surface area contributed by atoms with E-state index in [0.29, 0.717) is 18.7 Å². The Morgan fingerprint density at radius 1 is 1.27 bits per heavy atom. The third-order valence-corrected chi connectivity index (χ3v) is 4.67. The zero-order valence-electron chi connectivity index (χ0n) is 16.2. The largest absolute Gasteiger partial charge is 0.497 e. The quantitative estimate of drug-likeness (QED) is 0.733. The summed E-state index contributed by atoms with van der Waals surface area (Å²) in [5, 5.41) is 3.05. The Balaban J connectivity index is 1.97. The molecule has 6 heteroatoms. The molecular formula is C20H31N3O3. The Morgan fingerprint density at radius 2 is 1.96 bits per heavy atom. The lowest BCUT2D eigenvalue weighted by molar-refractivity contribution is -0.117. The van der Waals surface area contributed by atoms with Gasteiger partial charge >= 0.3 is 6.03 Å². The number of carbonyl (C=O) groups is 2. The molecule has 1 unspecified atom stereocenters. The van der Waals surface area contributed by atoms with Crippen molar-refractivity contribution in [1.29, 1.82) is 0 Å². The molecule has 0 aliphatic carbocycles. The molecule has 0 radical (unpaired) electrons. The predicted molar refractivity (Wildman–Crippen MR) is 104 cm³/mol. The first-order valence-electron chi connectivity index (χ1n) is 9.58. The molecule has 1 atom stereocenters. The first-order chi connectivity index (χ1) is 12.6. The fourth-order valence-electron chi connectivity index (χ4n) is 3.11. The second-order valence-electron chi connectivity index (χ2n) is 6.75. The van der Waals surface area contributed by atoms with Crippen LogP contribution in [-0.4, -0.2) is 49.6 Å². The number of hydrogen-bond acceptors (Lipinski definition) is 3. The molecule has 3 amide bonds. The minimum absolute atomic E-state index is 0.0252. The van der Waals surface area contributed by atoms with Crippen molar-refractivity contribution >= 4 is 17.6 Å². The van der Waals surface area contributed by atoms with Gasteiger partial charge in [0.25, 0.3) is 0 Å². The van der Waals surface area contributed by atoms with Gasteiger partial charge in [-0.05, 0) is 25.0 Å². The van der Waals surface area contributed by atoms with Crippen molar-refractivity contribution < 1.29 is 14.3 Å². The minimum Gasteiger partial charge on any atom is -0.497 e. The van der Waals surface area contributed by atoms with Crippen LogP contribution in [0.15, 0.2) is 24.3 Å². The lowest BCUT2D eigenvalue weighted by Gasteiger charge is -2.25. The summed E-state index contributed by atoms with van der Waals surface area (Å²) >= 11 is 0. The molecule has 1 heterocycles. The first kappa shape index (κ1) is 20.1. The first-order valence-corrected chi connectivity index (χ1v) is 9.58. The molecule has 1 aliphatic rings. The molecule has 1 aromatic rings. The van der Waals surface area contributed by atoms with E-state index < -0.39 is 0 Å². The van der Waals surface area contributed by atoms with Crippen LogP contribution < -0.4 is 15.0 Å². The normalized spacial score (nSPS) is 16.7. The van der Waals surface area contributed by atoms with Crippen molar-refractivity contribution in [3.8, 4) is 5.75 Å². The van der Waals surface area contributed by atoms with Gasteiger partial charge in [0, 0.05) is 37.8 Å². The molecule has 0 spiro atoms. The Kier molecular flexibility index (Phi) is 7.75. The van der Waals surface area contributed by atoms with Crippen LogP contribution in [0.5, 0.6) is 5.75 Å². The molecular weight excluding hydrogens is 330 g/mol. The van der Waals surface area contributed by atoms with Crippen LogP contribution in [-0.2, 0) is 4.79 Å². The summed E-state index contributed by atoms with van der Waals surface area (Å²) in [6, 6.07) is 7.23. The number of rotatable bonds is 9. The molecule has 1 N–H and O–H groups in total. The predicted octanol–water partition coefficient (Wildman–Crippen LogP) is 3.41. The van der Waals surface area contributed by atoms with Gasteiger partial charge in [0.05, 0.1) is 13.2 Å². The molecule has 144 valence electrons. The molecule has 1 aliphatic heterocycles. The molecule has 0 saturated carbocycles. The minimum atomic E-state index is -0.160. The lowest BCUT2D eigenvalue weighted by Crippen LogP contribution is -2.46. The van der Waals surface area contributed by atoms with E-state index in [1.54, 1.807) is 12.0 Å². The number of methoxy groups -OCH3 is 1. The van der Waals surface area contributed by atoms with Gasteiger partial charge in [-0.1, -0.05) is 32.8 Å². The number of amides is 3. The number of benzene rings is 1. The van der Waals surface area contributed by atoms with Gasteiger partial charge < -0.3 is 19.9 Å². The maximum atomic E-state index is 12.6. The van der Waals surface area contributed by atoms with Gasteiger partial charge in [0.1, 0.15) is 5.75 Å². The van der Waals surface area contributed by atoms with Crippen LogP contribution in [0.2, 0.25) is 0 Å². The van der Waals surface area contributed by atoms with Crippen molar-refractivity contribution in [2.75, 3.05) is 31.6 Å². The maximum Gasteiger partial charge on any atom is 0.317 e. The second-order valence-corrected chi connectivity index (χ2v) is 6.75. The molecule has 1 saturated heterocycles. The standard InChI is InChI=1S/C20H31N3O3/c1-4-6-11-22(12-7-5-2)20(25)21-16-13-19(24)23(15-16)17-9-8-10-18(14-17)26-3/h8-10,14,16H,4-7,11-13,15H2,1-3H3,(H,21,25). The Hall–Kier alpha value is -2.24. The van der Waals surface area contributed by atoms with Crippen molar-refractivity contribution in [2.45, 2.75) is 52.0 Å². The summed E-state index contributed by atoms with van der Waals surface area (Å²) in [5.41, 5.74) is 0.805. The van der Waals surface area contributed by atoms with E-state index in [0.717, 1.165) is 44.5 Å². The fraction of sp³-hybridized carbons (Fsp3) is 0.600. The summed E-state index contributed by atoms with van der Waals surface area (Å²) in [4.78, 5) is 28.6. The highest BCUT2D eigenvalue weighted by atomic mass is 16.5. The highest BCUT2D eigenvalue weighted by Crippen LogP contribution is 2.25. The molecule has 2 rings (SSSR count). The summed E-state index contributed by atoms with van der Waals surface area (Å²) < 4.78 is 5.23. The number of unbranched alkanes of at least 4 members (excludes halogenated alkanes) is 2. The third-order valence-electron chi connectivity index (χ3n) is 4.67. The van der Waals surface area contributed by atoms with Crippen LogP contribution in [0.25, 0.3) is 0 Å². The smallest absolute Gasteiger partial charge is 0.317 e. The number of hydrogen-bond donors (Lipinski definition) is 1. The van der Waals surface area contributed by atoms with Crippen LogP contribution in [0.4, 0.5) is 10.5 Å². The number of ether oxygens (including phenoxy) is 1. The van der Waals surface area contributed by atoms with Crippen LogP contribution in [0.3, 0.4) is 0 Å². The monoisotopic (exact) mass is 361 g/mol. The fourth-order valence-corrected chi connectivity index (χ4v) is 3.11. The number of nitrogens with zero attached hydrogens (tertiary/aromatic N) is 2. The summed E-state index contributed by atoms with van der Waals surface area (Å²) in [7, 11) is 1.61. The Bertz CT molecular complexity index is 598. The Labute approximate surface area is 156 Å². The van der Waals surface area contributed by atoms with Crippen molar-refractivity contribution in [3.63, 3.8) is 0 Å². The van der Waals surface area contributed by atoms with Gasteiger partial charge in [-0.25, -0.2) is 4.79 Å². The zero-order valence-corrected chi connectivity index (χ0v) is 16.2. The van der Waals surface area contributed by atoms with Crippen molar-refractivity contribution in [3.05, 3.63) is 24.3 Å². The molecule has 0 bridgehead atoms. The summed E-state index contributed by atoms with van der Waals surface area (Å²) in [5.74, 6) is 0.741. The average Bonchev–Trinajstić information content (AvgIpc) is 3.01. The highest BCUT2D eigenvalue weighted by molar-refractivity contribution is 5.97. The maximum absolute atomic E-state index is 12.6. The van der Waals surface area contributed by atoms with Crippen LogP contribution >= 0.6 is 0 Å². The molecule has 26 heavy (non-hydrogen) atoms. The van der Waals surface area contributed by atoms with Gasteiger partial charge in [0.15, 0.2) is 0 Å². The van der Waals surface area contributed by atoms with E-state index >= 15 is 0 Å². The number of nitrogens with one attached hydrogen (secondary N) is 1. The molecule has 0 aromatic heterocycles. The van der Waals surface area contributed by atoms with E-state index in [9.17, 15) is 9.59 Å². The number of carbonyl (C=O) groups excluding carboxylic acids is 2. The van der Waals surface area contributed by atoms with E-state index in [4.69, 9.17) is 4.74 Å². The molecule has 1 fully saturated rings. The van der Waals surface area contributed by atoms with Crippen molar-refractivity contribution in [2.24, 2.45) is 0 Å². The zero-order chi connectivity index (χ0) is 18.9. The Morgan fingerprint density at radius 3 is 2.58 bits per heavy atom. The van der Waals surface area contributed by atoms with Crippen molar-refractivity contribution in [1.82, 2.24) is 10.2 Å². The average molecular weight is 361 g/mol. The van der Waals surface area contributed by atoms with E-state index in [1.165, 1.54) is 0 Å². The van der Waals surface area contributed by atoms with Gasteiger partial charge in [-0.15, -0.1) is 0 Å². The van der Waals surface area contributed by atoms with Gasteiger partial charge in [0.2, 0.25) is 5.91 Å². The third kappa shape index (κ3) is 5.38. The van der Waals surface area contributed by atoms with Gasteiger partial charge in [-0.3, -0.25) is 4.79 Å². The van der Waals surface area contributed by atoms with E-state index in [2.05, 4.69) is 19.2 Å². The van der Waals surface area contributed by atoms with Crippen LogP contribution in [0.1, 0.15) is 46.0 Å². The lowest BCUT2D eigenvalue weighted by atomic mass is 10.2.